The van der Waals surface area contributed by atoms with Crippen LogP contribution in [0, 0.1) is 5.82 Å². The third-order valence-electron chi connectivity index (χ3n) is 2.20. The van der Waals surface area contributed by atoms with Gasteiger partial charge in [0.1, 0.15) is 5.82 Å². The van der Waals surface area contributed by atoms with Crippen LogP contribution in [0.5, 0.6) is 0 Å². The van der Waals surface area contributed by atoms with Gasteiger partial charge in [0.2, 0.25) is 10.0 Å². The van der Waals surface area contributed by atoms with Crippen LogP contribution in [0.15, 0.2) is 18.2 Å². The van der Waals surface area contributed by atoms with Gasteiger partial charge in [-0.3, -0.25) is 0 Å². The molecule has 0 aliphatic rings. The number of sulfonamides is 1. The average Bonchev–Trinajstić information content (AvgIpc) is 2.16. The number of nitrogens with one attached hydrogen (secondary N) is 2. The fraction of sp³-hybridized carbons (Fsp3) is 0.455. The number of nitrogen functional groups attached to an aromatic ring is 1. The molecule has 18 heavy (non-hydrogen) atoms. The van der Waals surface area contributed by atoms with E-state index in [0.717, 1.165) is 6.26 Å². The molecule has 7 heteroatoms. The van der Waals surface area contributed by atoms with Crippen LogP contribution in [0.3, 0.4) is 0 Å². The van der Waals surface area contributed by atoms with Gasteiger partial charge in [0.25, 0.3) is 0 Å². The highest BCUT2D eigenvalue weighted by Crippen LogP contribution is 2.20. The molecule has 0 saturated heterocycles. The van der Waals surface area contributed by atoms with E-state index in [0.29, 0.717) is 11.4 Å². The van der Waals surface area contributed by atoms with E-state index in [2.05, 4.69) is 10.0 Å². The minimum absolute atomic E-state index is 0.285. The van der Waals surface area contributed by atoms with E-state index in [1.807, 2.05) is 0 Å². The Morgan fingerprint density at radius 3 is 2.56 bits per heavy atom. The lowest BCUT2D eigenvalue weighted by Crippen LogP contribution is -2.47. The van der Waals surface area contributed by atoms with Crippen LogP contribution in [0.25, 0.3) is 0 Å². The second kappa shape index (κ2) is 5.11. The highest BCUT2D eigenvalue weighted by atomic mass is 32.2. The van der Waals surface area contributed by atoms with Crippen LogP contribution >= 0.6 is 0 Å². The van der Waals surface area contributed by atoms with Crippen LogP contribution in [-0.2, 0) is 10.0 Å². The zero-order valence-corrected chi connectivity index (χ0v) is 11.4. The first-order valence-electron chi connectivity index (χ1n) is 5.37. The van der Waals surface area contributed by atoms with Crippen molar-refractivity contribution in [2.75, 3.05) is 23.9 Å². The number of halogens is 1. The largest absolute Gasteiger partial charge is 0.397 e. The van der Waals surface area contributed by atoms with Crippen molar-refractivity contribution in [1.82, 2.24) is 4.72 Å². The highest BCUT2D eigenvalue weighted by molar-refractivity contribution is 7.88. The zero-order chi connectivity index (χ0) is 14.0. The van der Waals surface area contributed by atoms with Crippen LogP contribution in [0.4, 0.5) is 15.8 Å². The number of hydrogen-bond donors (Lipinski definition) is 3. The average molecular weight is 275 g/mol. The van der Waals surface area contributed by atoms with Gasteiger partial charge in [0.15, 0.2) is 0 Å². The summed E-state index contributed by atoms with van der Waals surface area (Å²) in [5.41, 5.74) is 5.83. The third-order valence-corrected chi connectivity index (χ3v) is 3.12. The molecule has 102 valence electrons. The van der Waals surface area contributed by atoms with E-state index in [1.165, 1.54) is 18.2 Å². The summed E-state index contributed by atoms with van der Waals surface area (Å²) < 4.78 is 37.8. The first-order chi connectivity index (χ1) is 8.09. The summed E-state index contributed by atoms with van der Waals surface area (Å²) in [4.78, 5) is 0. The number of hydrogen-bond acceptors (Lipinski definition) is 4. The van der Waals surface area contributed by atoms with Crippen molar-refractivity contribution in [3.63, 3.8) is 0 Å². The molecule has 5 nitrogen and oxygen atoms in total. The molecule has 0 heterocycles. The molecule has 0 bridgehead atoms. The minimum Gasteiger partial charge on any atom is -0.397 e. The molecule has 0 fully saturated rings. The summed E-state index contributed by atoms with van der Waals surface area (Å²) in [6.45, 7) is 3.72. The molecule has 1 aromatic carbocycles. The smallest absolute Gasteiger partial charge is 0.209 e. The predicted molar refractivity (Wildman–Crippen MR) is 71.4 cm³/mol. The van der Waals surface area contributed by atoms with Gasteiger partial charge in [0.05, 0.1) is 17.6 Å². The van der Waals surface area contributed by atoms with Gasteiger partial charge in [-0.2, -0.15) is 0 Å². The minimum atomic E-state index is -3.30. The van der Waals surface area contributed by atoms with Crippen LogP contribution in [0.2, 0.25) is 0 Å². The maximum atomic E-state index is 13.0. The van der Waals surface area contributed by atoms with Crippen molar-refractivity contribution < 1.29 is 12.8 Å². The molecule has 1 aromatic rings. The quantitative estimate of drug-likeness (QED) is 0.704. The van der Waals surface area contributed by atoms with E-state index in [9.17, 15) is 12.8 Å². The number of anilines is 2. The molecule has 0 aromatic heterocycles. The van der Waals surface area contributed by atoms with Crippen LogP contribution < -0.4 is 15.8 Å². The molecule has 4 N–H and O–H groups in total. The van der Waals surface area contributed by atoms with Gasteiger partial charge in [-0.1, -0.05) is 0 Å². The first kappa shape index (κ1) is 14.7. The Morgan fingerprint density at radius 2 is 2.00 bits per heavy atom. The molecule has 0 amide bonds. The van der Waals surface area contributed by atoms with Gasteiger partial charge >= 0.3 is 0 Å². The van der Waals surface area contributed by atoms with E-state index in [-0.39, 0.29) is 6.54 Å². The maximum absolute atomic E-state index is 13.0. The van der Waals surface area contributed by atoms with Gasteiger partial charge in [-0.25, -0.2) is 17.5 Å². The lowest BCUT2D eigenvalue weighted by atomic mass is 10.1. The molecule has 0 aliphatic heterocycles. The molecule has 0 radical (unpaired) electrons. The Bertz CT molecular complexity index is 529. The summed E-state index contributed by atoms with van der Waals surface area (Å²) in [6.07, 6.45) is 1.09. The summed E-state index contributed by atoms with van der Waals surface area (Å²) in [5, 5.41) is 2.92. The van der Waals surface area contributed by atoms with E-state index in [1.54, 1.807) is 13.8 Å². The Hall–Kier alpha value is -1.34. The number of rotatable bonds is 5. The van der Waals surface area contributed by atoms with Crippen LogP contribution in [0.1, 0.15) is 13.8 Å². The van der Waals surface area contributed by atoms with Crippen molar-refractivity contribution in [3.8, 4) is 0 Å². The summed E-state index contributed by atoms with van der Waals surface area (Å²) in [6, 6.07) is 3.99. The standard InChI is InChI=1S/C11H18FN3O2S/c1-11(2,15-18(3,16)17)7-14-10-6-8(12)4-5-9(10)13/h4-6,14-15H,7,13H2,1-3H3. The fourth-order valence-corrected chi connectivity index (χ4v) is 2.61. The Labute approximate surface area is 107 Å². The fourth-order valence-electron chi connectivity index (χ4n) is 1.54. The molecule has 0 saturated carbocycles. The lowest BCUT2D eigenvalue weighted by molar-refractivity contribution is 0.476. The van der Waals surface area contributed by atoms with Crippen molar-refractivity contribution in [1.29, 1.82) is 0 Å². The van der Waals surface area contributed by atoms with Crippen molar-refractivity contribution in [2.24, 2.45) is 0 Å². The maximum Gasteiger partial charge on any atom is 0.209 e. The second-order valence-corrected chi connectivity index (χ2v) is 6.59. The SMILES string of the molecule is CC(C)(CNc1cc(F)ccc1N)NS(C)(=O)=O. The number of nitrogens with two attached hydrogens (primary N) is 1. The summed E-state index contributed by atoms with van der Waals surface area (Å²) in [5.74, 6) is -0.402. The normalized spacial score (nSPS) is 12.4. The molecular formula is C11H18FN3O2S. The molecule has 0 atom stereocenters. The molecule has 0 unspecified atom stereocenters. The molecule has 1 rings (SSSR count). The van der Waals surface area contributed by atoms with Crippen LogP contribution in [-0.4, -0.2) is 26.8 Å². The zero-order valence-electron chi connectivity index (χ0n) is 10.6. The second-order valence-electron chi connectivity index (χ2n) is 4.84. The molecular weight excluding hydrogens is 257 g/mol. The highest BCUT2D eigenvalue weighted by Gasteiger charge is 2.22. The van der Waals surface area contributed by atoms with E-state index < -0.39 is 21.4 Å². The van der Waals surface area contributed by atoms with Gasteiger partial charge in [-0.05, 0) is 32.0 Å². The topological polar surface area (TPSA) is 84.2 Å². The Kier molecular flexibility index (Phi) is 4.18. The lowest BCUT2D eigenvalue weighted by Gasteiger charge is -2.26. The van der Waals surface area contributed by atoms with Crippen molar-refractivity contribution in [3.05, 3.63) is 24.0 Å². The van der Waals surface area contributed by atoms with Crippen molar-refractivity contribution in [2.45, 2.75) is 19.4 Å². The van der Waals surface area contributed by atoms with E-state index in [4.69, 9.17) is 5.73 Å². The summed E-state index contributed by atoms with van der Waals surface area (Å²) >= 11 is 0. The Morgan fingerprint density at radius 1 is 1.39 bits per heavy atom. The monoisotopic (exact) mass is 275 g/mol. The first-order valence-corrected chi connectivity index (χ1v) is 7.26. The molecule has 0 spiro atoms. The van der Waals surface area contributed by atoms with Crippen molar-refractivity contribution >= 4 is 21.4 Å². The van der Waals surface area contributed by atoms with E-state index >= 15 is 0 Å². The van der Waals surface area contributed by atoms with Gasteiger partial charge < -0.3 is 11.1 Å². The van der Waals surface area contributed by atoms with Gasteiger partial charge in [0, 0.05) is 12.1 Å². The Balaban J connectivity index is 2.72. The number of benzene rings is 1. The predicted octanol–water partition coefficient (Wildman–Crippen LogP) is 1.15. The molecule has 0 aliphatic carbocycles. The van der Waals surface area contributed by atoms with Gasteiger partial charge in [-0.15, -0.1) is 0 Å². The summed E-state index contributed by atoms with van der Waals surface area (Å²) in [7, 11) is -3.30. The third kappa shape index (κ3) is 4.89.